The van der Waals surface area contributed by atoms with Crippen LogP contribution < -0.4 is 0 Å². The number of esters is 1. The first-order valence-electron chi connectivity index (χ1n) is 5.51. The van der Waals surface area contributed by atoms with Crippen LogP contribution in [-0.4, -0.2) is 30.9 Å². The van der Waals surface area contributed by atoms with Crippen LogP contribution in [0.5, 0.6) is 0 Å². The monoisotopic (exact) mass is 238 g/mol. The third kappa shape index (κ3) is 2.84. The van der Waals surface area contributed by atoms with Gasteiger partial charge in [-0.05, 0) is 19.4 Å². The fourth-order valence-corrected chi connectivity index (χ4v) is 1.60. The molecule has 0 aliphatic heterocycles. The molecule has 0 aliphatic rings. The van der Waals surface area contributed by atoms with Crippen LogP contribution in [0, 0.1) is 0 Å². The van der Waals surface area contributed by atoms with Crippen LogP contribution in [0.2, 0.25) is 0 Å². The molecule has 1 aromatic rings. The molecular formula is C13H18O4. The Hall–Kier alpha value is -1.39. The molecule has 0 bridgehead atoms. The number of benzene rings is 1. The molecule has 2 atom stereocenters. The van der Waals surface area contributed by atoms with E-state index in [1.165, 1.54) is 7.11 Å². The average Bonchev–Trinajstić information content (AvgIpc) is 2.38. The summed E-state index contributed by atoms with van der Waals surface area (Å²) in [7, 11) is 1.45. The summed E-state index contributed by atoms with van der Waals surface area (Å²) < 4.78 is 10.1. The molecule has 1 aromatic carbocycles. The number of hydrogen-bond donors (Lipinski definition) is 1. The van der Waals surface area contributed by atoms with Gasteiger partial charge in [0.25, 0.3) is 0 Å². The van der Waals surface area contributed by atoms with Gasteiger partial charge in [-0.3, -0.25) is 0 Å². The van der Waals surface area contributed by atoms with Crippen LogP contribution in [0.1, 0.15) is 19.4 Å². The van der Waals surface area contributed by atoms with Crippen molar-refractivity contribution in [3.63, 3.8) is 0 Å². The summed E-state index contributed by atoms with van der Waals surface area (Å²) in [6, 6.07) is 9.10. The van der Waals surface area contributed by atoms with Crippen molar-refractivity contribution >= 4 is 5.97 Å². The summed E-state index contributed by atoms with van der Waals surface area (Å²) in [6.45, 7) is 3.58. The maximum atomic E-state index is 11.6. The summed E-state index contributed by atoms with van der Waals surface area (Å²) in [4.78, 5) is 11.6. The first-order chi connectivity index (χ1) is 8.06. The first kappa shape index (κ1) is 13.7. The Balaban J connectivity index is 3.00. The van der Waals surface area contributed by atoms with Crippen molar-refractivity contribution in [1.29, 1.82) is 0 Å². The molecule has 0 radical (unpaired) electrons. The molecule has 0 saturated carbocycles. The minimum atomic E-state index is -1.35. The van der Waals surface area contributed by atoms with Crippen molar-refractivity contribution in [2.45, 2.75) is 25.6 Å². The minimum Gasteiger partial charge on any atom is -0.464 e. The van der Waals surface area contributed by atoms with Crippen molar-refractivity contribution in [3.8, 4) is 0 Å². The predicted molar refractivity (Wildman–Crippen MR) is 63.4 cm³/mol. The molecule has 4 nitrogen and oxygen atoms in total. The Morgan fingerprint density at radius 1 is 1.41 bits per heavy atom. The summed E-state index contributed by atoms with van der Waals surface area (Å²) in [5, 5.41) is 10.0. The van der Waals surface area contributed by atoms with E-state index in [4.69, 9.17) is 9.47 Å². The highest BCUT2D eigenvalue weighted by atomic mass is 16.6. The van der Waals surface area contributed by atoms with Crippen LogP contribution in [0.3, 0.4) is 0 Å². The summed E-state index contributed by atoms with van der Waals surface area (Å²) in [5.41, 5.74) is -0.379. The molecule has 0 amide bonds. The Morgan fingerprint density at radius 2 is 2.00 bits per heavy atom. The molecule has 0 fully saturated rings. The van der Waals surface area contributed by atoms with Crippen LogP contribution >= 0.6 is 0 Å². The fourth-order valence-electron chi connectivity index (χ4n) is 1.60. The SMILES string of the molecule is CCOC(=O)[C@@H](O)[C@](C)(OC)c1ccccc1. The van der Waals surface area contributed by atoms with E-state index in [1.54, 1.807) is 26.0 Å². The first-order valence-corrected chi connectivity index (χ1v) is 5.51. The fraction of sp³-hybridized carbons (Fsp3) is 0.462. The van der Waals surface area contributed by atoms with E-state index in [9.17, 15) is 9.90 Å². The lowest BCUT2D eigenvalue weighted by atomic mass is 9.90. The van der Waals surface area contributed by atoms with E-state index in [2.05, 4.69) is 0 Å². The van der Waals surface area contributed by atoms with Crippen molar-refractivity contribution in [2.75, 3.05) is 13.7 Å². The largest absolute Gasteiger partial charge is 0.464 e. The van der Waals surface area contributed by atoms with E-state index in [0.29, 0.717) is 0 Å². The number of carbonyl (C=O) groups excluding carboxylic acids is 1. The molecule has 0 spiro atoms. The zero-order valence-electron chi connectivity index (χ0n) is 10.3. The lowest BCUT2D eigenvalue weighted by Crippen LogP contribution is -2.44. The van der Waals surface area contributed by atoms with E-state index in [0.717, 1.165) is 5.56 Å². The Morgan fingerprint density at radius 3 is 2.47 bits per heavy atom. The van der Waals surface area contributed by atoms with Gasteiger partial charge in [0.2, 0.25) is 0 Å². The molecule has 0 saturated heterocycles. The molecule has 0 aliphatic carbocycles. The van der Waals surface area contributed by atoms with Gasteiger partial charge in [-0.1, -0.05) is 30.3 Å². The number of methoxy groups -OCH3 is 1. The lowest BCUT2D eigenvalue weighted by molar-refractivity contribution is -0.172. The second kappa shape index (κ2) is 5.80. The molecule has 94 valence electrons. The molecular weight excluding hydrogens is 220 g/mol. The molecule has 0 unspecified atom stereocenters. The average molecular weight is 238 g/mol. The van der Waals surface area contributed by atoms with Crippen LogP contribution in [0.25, 0.3) is 0 Å². The van der Waals surface area contributed by atoms with Crippen molar-refractivity contribution in [2.24, 2.45) is 0 Å². The molecule has 17 heavy (non-hydrogen) atoms. The van der Waals surface area contributed by atoms with Crippen LogP contribution in [0.15, 0.2) is 30.3 Å². The third-order valence-electron chi connectivity index (χ3n) is 2.80. The van der Waals surface area contributed by atoms with E-state index in [1.807, 2.05) is 18.2 Å². The van der Waals surface area contributed by atoms with Gasteiger partial charge >= 0.3 is 5.97 Å². The molecule has 4 heteroatoms. The second-order valence-corrected chi connectivity index (χ2v) is 3.83. The third-order valence-corrected chi connectivity index (χ3v) is 2.80. The van der Waals surface area contributed by atoms with Gasteiger partial charge in [-0.2, -0.15) is 0 Å². The molecule has 1 rings (SSSR count). The quantitative estimate of drug-likeness (QED) is 0.789. The Kier molecular flexibility index (Phi) is 4.66. The maximum Gasteiger partial charge on any atom is 0.338 e. The topological polar surface area (TPSA) is 55.8 Å². The van der Waals surface area contributed by atoms with Gasteiger partial charge in [0.1, 0.15) is 5.60 Å². The van der Waals surface area contributed by atoms with Gasteiger partial charge in [-0.15, -0.1) is 0 Å². The van der Waals surface area contributed by atoms with Crippen molar-refractivity contribution < 1.29 is 19.4 Å². The highest BCUT2D eigenvalue weighted by Crippen LogP contribution is 2.29. The van der Waals surface area contributed by atoms with Gasteiger partial charge in [0.05, 0.1) is 6.61 Å². The number of ether oxygens (including phenoxy) is 2. The van der Waals surface area contributed by atoms with E-state index >= 15 is 0 Å². The zero-order chi connectivity index (χ0) is 12.9. The van der Waals surface area contributed by atoms with Crippen LogP contribution in [0.4, 0.5) is 0 Å². The van der Waals surface area contributed by atoms with Gasteiger partial charge in [0, 0.05) is 7.11 Å². The minimum absolute atomic E-state index is 0.227. The molecule has 0 aromatic heterocycles. The predicted octanol–water partition coefficient (Wildman–Crippen LogP) is 1.47. The number of carbonyl (C=O) groups is 1. The molecule has 0 heterocycles. The van der Waals surface area contributed by atoms with E-state index < -0.39 is 17.7 Å². The van der Waals surface area contributed by atoms with Gasteiger partial charge in [-0.25, -0.2) is 4.79 Å². The Labute approximate surface area is 101 Å². The summed E-state index contributed by atoms with van der Waals surface area (Å²) in [6.07, 6.45) is -1.35. The highest BCUT2D eigenvalue weighted by molar-refractivity contribution is 5.76. The van der Waals surface area contributed by atoms with Gasteiger partial charge in [0.15, 0.2) is 6.10 Å². The number of hydrogen-bond acceptors (Lipinski definition) is 4. The lowest BCUT2D eigenvalue weighted by Gasteiger charge is -2.32. The summed E-state index contributed by atoms with van der Waals surface area (Å²) in [5.74, 6) is -0.680. The standard InChI is InChI=1S/C13H18O4/c1-4-17-12(15)11(14)13(2,16-3)10-8-6-5-7-9-10/h5-9,11,14H,4H2,1-3H3/t11-,13-/m1/s1. The second-order valence-electron chi connectivity index (χ2n) is 3.83. The number of aliphatic hydroxyl groups excluding tert-OH is 1. The number of aliphatic hydroxyl groups is 1. The highest BCUT2D eigenvalue weighted by Gasteiger charge is 2.40. The van der Waals surface area contributed by atoms with Gasteiger partial charge < -0.3 is 14.6 Å². The molecule has 1 N–H and O–H groups in total. The number of rotatable bonds is 5. The smallest absolute Gasteiger partial charge is 0.338 e. The summed E-state index contributed by atoms with van der Waals surface area (Å²) >= 11 is 0. The van der Waals surface area contributed by atoms with Crippen molar-refractivity contribution in [3.05, 3.63) is 35.9 Å². The normalized spacial score (nSPS) is 16.0. The van der Waals surface area contributed by atoms with Crippen molar-refractivity contribution in [1.82, 2.24) is 0 Å². The Bertz CT molecular complexity index is 363. The van der Waals surface area contributed by atoms with Crippen LogP contribution in [-0.2, 0) is 19.9 Å². The maximum absolute atomic E-state index is 11.6. The van der Waals surface area contributed by atoms with E-state index in [-0.39, 0.29) is 6.61 Å². The zero-order valence-corrected chi connectivity index (χ0v) is 10.3.